The van der Waals surface area contributed by atoms with Crippen molar-refractivity contribution in [2.75, 3.05) is 26.4 Å². The standard InChI is InChI=1S/C13H19NO3/c15-8-11(9-16)14-7-10-5-6-17-13-4-2-1-3-12(10)13/h1-4,10-11,14-16H,5-9H2. The highest BCUT2D eigenvalue weighted by Crippen LogP contribution is 2.32. The lowest BCUT2D eigenvalue weighted by molar-refractivity contribution is 0.167. The van der Waals surface area contributed by atoms with E-state index in [1.165, 1.54) is 5.56 Å². The summed E-state index contributed by atoms with van der Waals surface area (Å²) in [6.07, 6.45) is 0.966. The SMILES string of the molecule is OCC(CO)NCC1CCOc2ccccc21. The fraction of sp³-hybridized carbons (Fsp3) is 0.538. The van der Waals surface area contributed by atoms with Gasteiger partial charge in [0.2, 0.25) is 0 Å². The summed E-state index contributed by atoms with van der Waals surface area (Å²) in [5.74, 6) is 1.34. The van der Waals surface area contributed by atoms with Crippen LogP contribution in [0.4, 0.5) is 0 Å². The molecule has 0 saturated carbocycles. The van der Waals surface area contributed by atoms with Crippen molar-refractivity contribution in [1.29, 1.82) is 0 Å². The Morgan fingerprint density at radius 2 is 2.06 bits per heavy atom. The van der Waals surface area contributed by atoms with Gasteiger partial charge in [-0.3, -0.25) is 0 Å². The zero-order chi connectivity index (χ0) is 12.1. The lowest BCUT2D eigenvalue weighted by Crippen LogP contribution is -2.39. The molecule has 1 atom stereocenters. The van der Waals surface area contributed by atoms with Crippen LogP contribution in [0.25, 0.3) is 0 Å². The van der Waals surface area contributed by atoms with Gasteiger partial charge in [-0.15, -0.1) is 0 Å². The maximum Gasteiger partial charge on any atom is 0.122 e. The monoisotopic (exact) mass is 237 g/mol. The number of para-hydroxylation sites is 1. The van der Waals surface area contributed by atoms with Gasteiger partial charge in [0.15, 0.2) is 0 Å². The molecule has 0 spiro atoms. The molecule has 0 saturated heterocycles. The third-order valence-corrected chi connectivity index (χ3v) is 3.18. The molecular weight excluding hydrogens is 218 g/mol. The molecule has 1 aliphatic rings. The predicted molar refractivity (Wildman–Crippen MR) is 65.3 cm³/mol. The molecule has 4 nitrogen and oxygen atoms in total. The minimum absolute atomic E-state index is 0.0403. The maximum absolute atomic E-state index is 9.00. The van der Waals surface area contributed by atoms with Crippen LogP contribution in [0, 0.1) is 0 Å². The second-order valence-electron chi connectivity index (χ2n) is 4.34. The lowest BCUT2D eigenvalue weighted by atomic mass is 9.93. The van der Waals surface area contributed by atoms with E-state index in [4.69, 9.17) is 14.9 Å². The molecular formula is C13H19NO3. The number of hydrogen-bond donors (Lipinski definition) is 3. The smallest absolute Gasteiger partial charge is 0.122 e. The normalized spacial score (nSPS) is 18.9. The molecule has 2 rings (SSSR count). The number of ether oxygens (including phenoxy) is 1. The summed E-state index contributed by atoms with van der Waals surface area (Å²) in [5.41, 5.74) is 1.21. The molecule has 1 aliphatic heterocycles. The van der Waals surface area contributed by atoms with Crippen LogP contribution in [-0.2, 0) is 0 Å². The quantitative estimate of drug-likeness (QED) is 0.697. The van der Waals surface area contributed by atoms with Crippen LogP contribution in [0.15, 0.2) is 24.3 Å². The van der Waals surface area contributed by atoms with E-state index < -0.39 is 0 Å². The number of nitrogens with one attached hydrogen (secondary N) is 1. The van der Waals surface area contributed by atoms with Gasteiger partial charge in [-0.2, -0.15) is 0 Å². The van der Waals surface area contributed by atoms with Crippen molar-refractivity contribution in [2.45, 2.75) is 18.4 Å². The molecule has 1 unspecified atom stereocenters. The van der Waals surface area contributed by atoms with Gasteiger partial charge in [0.25, 0.3) is 0 Å². The summed E-state index contributed by atoms with van der Waals surface area (Å²) in [4.78, 5) is 0. The minimum Gasteiger partial charge on any atom is -0.493 e. The van der Waals surface area contributed by atoms with Crippen LogP contribution in [0.3, 0.4) is 0 Å². The zero-order valence-electron chi connectivity index (χ0n) is 9.80. The first-order valence-corrected chi connectivity index (χ1v) is 6.02. The van der Waals surface area contributed by atoms with Crippen LogP contribution in [0.1, 0.15) is 17.9 Å². The lowest BCUT2D eigenvalue weighted by Gasteiger charge is -2.27. The molecule has 0 bridgehead atoms. The van der Waals surface area contributed by atoms with Gasteiger partial charge in [-0.1, -0.05) is 18.2 Å². The highest BCUT2D eigenvalue weighted by atomic mass is 16.5. The maximum atomic E-state index is 9.00. The first-order valence-electron chi connectivity index (χ1n) is 6.02. The van der Waals surface area contributed by atoms with Gasteiger partial charge in [0, 0.05) is 12.5 Å². The number of fused-ring (bicyclic) bond motifs is 1. The van der Waals surface area contributed by atoms with Crippen LogP contribution in [0.5, 0.6) is 5.75 Å². The second-order valence-corrected chi connectivity index (χ2v) is 4.34. The zero-order valence-corrected chi connectivity index (χ0v) is 9.80. The van der Waals surface area contributed by atoms with Crippen molar-refractivity contribution in [3.8, 4) is 5.75 Å². The van der Waals surface area contributed by atoms with E-state index in [2.05, 4.69) is 11.4 Å². The number of aliphatic hydroxyl groups excluding tert-OH is 2. The number of aliphatic hydroxyl groups is 2. The fourth-order valence-electron chi connectivity index (χ4n) is 2.12. The van der Waals surface area contributed by atoms with Crippen molar-refractivity contribution in [3.63, 3.8) is 0 Å². The average molecular weight is 237 g/mol. The van der Waals surface area contributed by atoms with E-state index >= 15 is 0 Å². The van der Waals surface area contributed by atoms with Crippen molar-refractivity contribution in [1.82, 2.24) is 5.32 Å². The third-order valence-electron chi connectivity index (χ3n) is 3.18. The molecule has 0 radical (unpaired) electrons. The van der Waals surface area contributed by atoms with Gasteiger partial charge in [0.1, 0.15) is 5.75 Å². The topological polar surface area (TPSA) is 61.7 Å². The summed E-state index contributed by atoms with van der Waals surface area (Å²) < 4.78 is 5.59. The van der Waals surface area contributed by atoms with Gasteiger partial charge in [0.05, 0.1) is 25.9 Å². The minimum atomic E-state index is -0.231. The van der Waals surface area contributed by atoms with Gasteiger partial charge >= 0.3 is 0 Å². The molecule has 17 heavy (non-hydrogen) atoms. The molecule has 4 heteroatoms. The summed E-state index contributed by atoms with van der Waals surface area (Å²) in [6.45, 7) is 1.40. The fourth-order valence-corrected chi connectivity index (χ4v) is 2.12. The molecule has 0 aliphatic carbocycles. The van der Waals surface area contributed by atoms with Crippen molar-refractivity contribution in [2.24, 2.45) is 0 Å². The second kappa shape index (κ2) is 6.00. The molecule has 1 heterocycles. The van der Waals surface area contributed by atoms with E-state index in [9.17, 15) is 0 Å². The van der Waals surface area contributed by atoms with Crippen molar-refractivity contribution >= 4 is 0 Å². The Kier molecular flexibility index (Phi) is 4.36. The Bertz CT molecular complexity index is 352. The van der Waals surface area contributed by atoms with Crippen LogP contribution < -0.4 is 10.1 Å². The first kappa shape index (κ1) is 12.4. The van der Waals surface area contributed by atoms with Crippen molar-refractivity contribution < 1.29 is 14.9 Å². The van der Waals surface area contributed by atoms with E-state index in [0.717, 1.165) is 25.3 Å². The Hall–Kier alpha value is -1.10. The molecule has 1 aromatic rings. The Morgan fingerprint density at radius 1 is 1.29 bits per heavy atom. The van der Waals surface area contributed by atoms with E-state index in [1.54, 1.807) is 0 Å². The van der Waals surface area contributed by atoms with E-state index in [1.807, 2.05) is 18.2 Å². The van der Waals surface area contributed by atoms with Crippen LogP contribution in [-0.4, -0.2) is 42.6 Å². The predicted octanol–water partition coefficient (Wildman–Crippen LogP) is 0.495. The highest BCUT2D eigenvalue weighted by Gasteiger charge is 2.21. The molecule has 0 amide bonds. The van der Waals surface area contributed by atoms with Crippen LogP contribution in [0.2, 0.25) is 0 Å². The van der Waals surface area contributed by atoms with Crippen LogP contribution >= 0.6 is 0 Å². The molecule has 3 N–H and O–H groups in total. The van der Waals surface area contributed by atoms with E-state index in [0.29, 0.717) is 5.92 Å². The number of hydrogen-bond acceptors (Lipinski definition) is 4. The van der Waals surface area contributed by atoms with E-state index in [-0.39, 0.29) is 19.3 Å². The van der Waals surface area contributed by atoms with Crippen molar-refractivity contribution in [3.05, 3.63) is 29.8 Å². The Balaban J connectivity index is 1.99. The largest absolute Gasteiger partial charge is 0.493 e. The Labute approximate surface area is 101 Å². The number of rotatable bonds is 5. The molecule has 1 aromatic carbocycles. The number of benzene rings is 1. The van der Waals surface area contributed by atoms with Gasteiger partial charge < -0.3 is 20.3 Å². The summed E-state index contributed by atoms with van der Waals surface area (Å²) >= 11 is 0. The summed E-state index contributed by atoms with van der Waals surface area (Å²) in [7, 11) is 0. The highest BCUT2D eigenvalue weighted by molar-refractivity contribution is 5.37. The summed E-state index contributed by atoms with van der Waals surface area (Å²) in [6, 6.07) is 7.81. The Morgan fingerprint density at radius 3 is 2.82 bits per heavy atom. The third kappa shape index (κ3) is 2.97. The molecule has 0 fully saturated rings. The summed E-state index contributed by atoms with van der Waals surface area (Å²) in [5, 5.41) is 21.2. The van der Waals surface area contributed by atoms with Gasteiger partial charge in [-0.25, -0.2) is 0 Å². The molecule has 0 aromatic heterocycles. The molecule has 94 valence electrons. The van der Waals surface area contributed by atoms with Gasteiger partial charge in [-0.05, 0) is 18.1 Å². The average Bonchev–Trinajstić information content (AvgIpc) is 2.40. The first-order chi connectivity index (χ1) is 8.35.